The van der Waals surface area contributed by atoms with Gasteiger partial charge in [-0.05, 0) is 24.3 Å². The summed E-state index contributed by atoms with van der Waals surface area (Å²) in [5.74, 6) is 2.92. The van der Waals surface area contributed by atoms with Gasteiger partial charge in [0.1, 0.15) is 5.75 Å². The number of hydrogen-bond donors (Lipinski definition) is 0. The number of methoxy groups -OCH3 is 4. The third kappa shape index (κ3) is 2.89. The Bertz CT molecular complexity index is 1110. The summed E-state index contributed by atoms with van der Waals surface area (Å²) in [6.45, 7) is 0. The van der Waals surface area contributed by atoms with Crippen LogP contribution in [-0.4, -0.2) is 48.3 Å². The first-order valence-electron chi connectivity index (χ1n) is 8.36. The van der Waals surface area contributed by atoms with E-state index in [1.165, 1.54) is 11.3 Å². The first-order chi connectivity index (χ1) is 13.7. The molecular formula is C19H18N4O4S. The minimum atomic E-state index is 0.516. The Morgan fingerprint density at radius 3 is 2.14 bits per heavy atom. The lowest BCUT2D eigenvalue weighted by molar-refractivity contribution is 0.324. The van der Waals surface area contributed by atoms with Gasteiger partial charge in [-0.1, -0.05) is 23.5 Å². The number of rotatable bonds is 6. The molecule has 2 aromatic carbocycles. The zero-order valence-electron chi connectivity index (χ0n) is 15.8. The van der Waals surface area contributed by atoms with Crippen LogP contribution in [0.15, 0.2) is 36.4 Å². The highest BCUT2D eigenvalue weighted by Crippen LogP contribution is 2.41. The summed E-state index contributed by atoms with van der Waals surface area (Å²) < 4.78 is 23.4. The van der Waals surface area contributed by atoms with Gasteiger partial charge in [-0.2, -0.15) is 9.61 Å². The molecule has 0 N–H and O–H groups in total. The van der Waals surface area contributed by atoms with Crippen LogP contribution >= 0.6 is 11.3 Å². The summed E-state index contributed by atoms with van der Waals surface area (Å²) in [6, 6.07) is 11.4. The fourth-order valence-corrected chi connectivity index (χ4v) is 3.81. The average Bonchev–Trinajstić information content (AvgIpc) is 3.33. The maximum Gasteiger partial charge on any atom is 0.235 e. The molecule has 0 spiro atoms. The molecule has 9 heteroatoms. The highest BCUT2D eigenvalue weighted by atomic mass is 32.1. The van der Waals surface area contributed by atoms with Crippen LogP contribution in [0.4, 0.5) is 0 Å². The van der Waals surface area contributed by atoms with Gasteiger partial charge in [0, 0.05) is 5.56 Å². The van der Waals surface area contributed by atoms with Crippen LogP contribution in [-0.2, 0) is 0 Å². The number of benzene rings is 2. The Morgan fingerprint density at radius 2 is 1.50 bits per heavy atom. The molecular weight excluding hydrogens is 380 g/mol. The van der Waals surface area contributed by atoms with Crippen molar-refractivity contribution in [3.63, 3.8) is 0 Å². The van der Waals surface area contributed by atoms with E-state index >= 15 is 0 Å². The highest BCUT2D eigenvalue weighted by Gasteiger charge is 2.20. The van der Waals surface area contributed by atoms with Gasteiger partial charge in [-0.25, -0.2) is 0 Å². The van der Waals surface area contributed by atoms with E-state index in [0.29, 0.717) is 28.0 Å². The Morgan fingerprint density at radius 1 is 0.821 bits per heavy atom. The molecule has 8 nitrogen and oxygen atoms in total. The van der Waals surface area contributed by atoms with E-state index < -0.39 is 0 Å². The standard InChI is InChI=1S/C19H18N4O4S/c1-24-13-8-6-5-7-12(13)18-22-23-17(20-21-19(23)28-18)11-9-14(25-2)16(27-4)15(10-11)26-3/h5-10H,1-4H3. The molecule has 0 bridgehead atoms. The third-order valence-electron chi connectivity index (χ3n) is 4.25. The smallest absolute Gasteiger partial charge is 0.235 e. The van der Waals surface area contributed by atoms with Crippen molar-refractivity contribution in [2.75, 3.05) is 28.4 Å². The molecule has 0 aliphatic heterocycles. The Kier molecular flexibility index (Phi) is 4.74. The highest BCUT2D eigenvalue weighted by molar-refractivity contribution is 7.19. The Hall–Kier alpha value is -3.33. The first-order valence-corrected chi connectivity index (χ1v) is 9.17. The van der Waals surface area contributed by atoms with Gasteiger partial charge in [0.05, 0.1) is 34.0 Å². The van der Waals surface area contributed by atoms with E-state index in [-0.39, 0.29) is 0 Å². The predicted molar refractivity (Wildman–Crippen MR) is 106 cm³/mol. The van der Waals surface area contributed by atoms with E-state index in [2.05, 4.69) is 10.2 Å². The van der Waals surface area contributed by atoms with Crippen molar-refractivity contribution in [3.8, 4) is 45.0 Å². The largest absolute Gasteiger partial charge is 0.496 e. The summed E-state index contributed by atoms with van der Waals surface area (Å²) in [6.07, 6.45) is 0. The molecule has 4 rings (SSSR count). The molecule has 0 amide bonds. The summed E-state index contributed by atoms with van der Waals surface area (Å²) >= 11 is 1.43. The molecule has 0 saturated heterocycles. The van der Waals surface area contributed by atoms with Crippen molar-refractivity contribution in [2.24, 2.45) is 0 Å². The average molecular weight is 398 g/mol. The van der Waals surface area contributed by atoms with Gasteiger partial charge in [0.2, 0.25) is 10.7 Å². The van der Waals surface area contributed by atoms with Gasteiger partial charge >= 0.3 is 0 Å². The maximum atomic E-state index is 5.45. The molecule has 0 unspecified atom stereocenters. The summed E-state index contributed by atoms with van der Waals surface area (Å²) in [4.78, 5) is 0.671. The van der Waals surface area contributed by atoms with Crippen molar-refractivity contribution < 1.29 is 18.9 Å². The second-order valence-corrected chi connectivity index (χ2v) is 6.70. The molecule has 0 fully saturated rings. The fraction of sp³-hybridized carbons (Fsp3) is 0.211. The molecule has 0 atom stereocenters. The number of ether oxygens (including phenoxy) is 4. The predicted octanol–water partition coefficient (Wildman–Crippen LogP) is 3.55. The van der Waals surface area contributed by atoms with Gasteiger partial charge in [0.25, 0.3) is 0 Å². The molecule has 0 saturated carbocycles. The van der Waals surface area contributed by atoms with Gasteiger partial charge in [-0.3, -0.25) is 0 Å². The Labute approximate surface area is 165 Å². The lowest BCUT2D eigenvalue weighted by atomic mass is 10.1. The quantitative estimate of drug-likeness (QED) is 0.491. The van der Waals surface area contributed by atoms with Crippen LogP contribution in [0.1, 0.15) is 0 Å². The molecule has 0 aliphatic rings. The number of para-hydroxylation sites is 1. The van der Waals surface area contributed by atoms with E-state index in [4.69, 9.17) is 24.0 Å². The number of fused-ring (bicyclic) bond motifs is 1. The van der Waals surface area contributed by atoms with E-state index in [1.807, 2.05) is 36.4 Å². The molecule has 2 aromatic heterocycles. The monoisotopic (exact) mass is 398 g/mol. The second kappa shape index (κ2) is 7.35. The van der Waals surface area contributed by atoms with Crippen molar-refractivity contribution in [3.05, 3.63) is 36.4 Å². The zero-order valence-corrected chi connectivity index (χ0v) is 16.6. The third-order valence-corrected chi connectivity index (χ3v) is 5.18. The lowest BCUT2D eigenvalue weighted by Crippen LogP contribution is -1.97. The lowest BCUT2D eigenvalue weighted by Gasteiger charge is -2.13. The van der Waals surface area contributed by atoms with Crippen molar-refractivity contribution in [1.82, 2.24) is 19.8 Å². The number of aromatic nitrogens is 4. The van der Waals surface area contributed by atoms with Crippen LogP contribution in [0, 0.1) is 0 Å². The van der Waals surface area contributed by atoms with Gasteiger partial charge < -0.3 is 18.9 Å². The summed E-state index contributed by atoms with van der Waals surface area (Å²) in [5, 5.41) is 14.0. The minimum absolute atomic E-state index is 0.516. The molecule has 0 aliphatic carbocycles. The van der Waals surface area contributed by atoms with Crippen LogP contribution in [0.25, 0.3) is 26.9 Å². The van der Waals surface area contributed by atoms with Crippen molar-refractivity contribution >= 4 is 16.3 Å². The summed E-state index contributed by atoms with van der Waals surface area (Å²) in [7, 11) is 6.35. The summed E-state index contributed by atoms with van der Waals surface area (Å²) in [5.41, 5.74) is 1.65. The van der Waals surface area contributed by atoms with Crippen LogP contribution in [0.5, 0.6) is 23.0 Å². The van der Waals surface area contributed by atoms with Crippen molar-refractivity contribution in [2.45, 2.75) is 0 Å². The molecule has 144 valence electrons. The van der Waals surface area contributed by atoms with Gasteiger partial charge in [-0.15, -0.1) is 10.2 Å². The first kappa shape index (κ1) is 18.1. The fourth-order valence-electron chi connectivity index (χ4n) is 2.94. The van der Waals surface area contributed by atoms with Crippen LogP contribution in [0.2, 0.25) is 0 Å². The molecule has 4 aromatic rings. The van der Waals surface area contributed by atoms with Gasteiger partial charge in [0.15, 0.2) is 22.3 Å². The minimum Gasteiger partial charge on any atom is -0.496 e. The second-order valence-electron chi connectivity index (χ2n) is 5.74. The Balaban J connectivity index is 1.86. The van der Waals surface area contributed by atoms with Crippen molar-refractivity contribution in [1.29, 1.82) is 0 Å². The van der Waals surface area contributed by atoms with Crippen LogP contribution in [0.3, 0.4) is 0 Å². The van der Waals surface area contributed by atoms with E-state index in [9.17, 15) is 0 Å². The molecule has 0 radical (unpaired) electrons. The van der Waals surface area contributed by atoms with Crippen LogP contribution < -0.4 is 18.9 Å². The number of hydrogen-bond acceptors (Lipinski definition) is 8. The van der Waals surface area contributed by atoms with E-state index in [0.717, 1.165) is 21.9 Å². The maximum absolute atomic E-state index is 5.45. The van der Waals surface area contributed by atoms with E-state index in [1.54, 1.807) is 33.0 Å². The number of nitrogens with zero attached hydrogens (tertiary/aromatic N) is 4. The topological polar surface area (TPSA) is 80.0 Å². The SMILES string of the molecule is COc1ccccc1-c1nn2c(-c3cc(OC)c(OC)c(OC)c3)nnc2s1. The zero-order chi connectivity index (χ0) is 19.7. The molecule has 2 heterocycles. The normalized spacial score (nSPS) is 10.9. The molecule has 28 heavy (non-hydrogen) atoms.